The fourth-order valence-electron chi connectivity index (χ4n) is 2.64. The fraction of sp³-hybridized carbons (Fsp3) is 0.300. The molecular formula is C20H21Cl2FN2O2. The van der Waals surface area contributed by atoms with Crippen LogP contribution in [-0.2, 0) is 22.6 Å². The molecule has 0 radical (unpaired) electrons. The molecule has 2 aromatic carbocycles. The van der Waals surface area contributed by atoms with Crippen LogP contribution in [0.1, 0.15) is 25.0 Å². The van der Waals surface area contributed by atoms with Gasteiger partial charge in [-0.25, -0.2) is 4.39 Å². The SMILES string of the molecule is CCNC(=O)C(C)N(Cc1ccccc1F)C(=O)Cc1ccc(Cl)c(Cl)c1. The van der Waals surface area contributed by atoms with Crippen LogP contribution in [0.25, 0.3) is 0 Å². The average molecular weight is 411 g/mol. The van der Waals surface area contributed by atoms with Gasteiger partial charge in [0.25, 0.3) is 0 Å². The minimum Gasteiger partial charge on any atom is -0.355 e. The molecule has 0 saturated heterocycles. The Hall–Kier alpha value is -2.11. The lowest BCUT2D eigenvalue weighted by Crippen LogP contribution is -2.48. The van der Waals surface area contributed by atoms with Gasteiger partial charge in [0.1, 0.15) is 11.9 Å². The highest BCUT2D eigenvalue weighted by Gasteiger charge is 2.26. The molecule has 27 heavy (non-hydrogen) atoms. The molecule has 144 valence electrons. The fourth-order valence-corrected chi connectivity index (χ4v) is 2.96. The van der Waals surface area contributed by atoms with Gasteiger partial charge in [-0.05, 0) is 37.6 Å². The summed E-state index contributed by atoms with van der Waals surface area (Å²) in [6.45, 7) is 3.85. The molecule has 0 aliphatic rings. The molecule has 2 amide bonds. The zero-order valence-electron chi connectivity index (χ0n) is 15.1. The number of hydrogen-bond acceptors (Lipinski definition) is 2. The van der Waals surface area contributed by atoms with Crippen LogP contribution >= 0.6 is 23.2 Å². The van der Waals surface area contributed by atoms with Gasteiger partial charge in [0, 0.05) is 18.7 Å². The number of carbonyl (C=O) groups is 2. The lowest BCUT2D eigenvalue weighted by atomic mass is 10.1. The van der Waals surface area contributed by atoms with E-state index in [1.807, 2.05) is 0 Å². The molecule has 0 spiro atoms. The highest BCUT2D eigenvalue weighted by Crippen LogP contribution is 2.23. The molecule has 0 aliphatic carbocycles. The smallest absolute Gasteiger partial charge is 0.242 e. The normalized spacial score (nSPS) is 11.7. The molecule has 1 N–H and O–H groups in total. The second-order valence-electron chi connectivity index (χ2n) is 6.11. The zero-order chi connectivity index (χ0) is 20.0. The Balaban J connectivity index is 2.26. The van der Waals surface area contributed by atoms with Gasteiger partial charge >= 0.3 is 0 Å². The van der Waals surface area contributed by atoms with Crippen LogP contribution in [0.5, 0.6) is 0 Å². The number of nitrogens with zero attached hydrogens (tertiary/aromatic N) is 1. The molecule has 1 unspecified atom stereocenters. The summed E-state index contributed by atoms with van der Waals surface area (Å²) in [5, 5.41) is 3.44. The van der Waals surface area contributed by atoms with Crippen molar-refractivity contribution in [2.45, 2.75) is 32.9 Å². The number of amides is 2. The average Bonchev–Trinajstić information content (AvgIpc) is 2.63. The van der Waals surface area contributed by atoms with Crippen LogP contribution in [0.15, 0.2) is 42.5 Å². The molecule has 0 saturated carbocycles. The van der Waals surface area contributed by atoms with E-state index in [0.717, 1.165) is 0 Å². The Labute approximate surface area is 168 Å². The van der Waals surface area contributed by atoms with E-state index in [0.29, 0.717) is 27.7 Å². The molecule has 2 rings (SSSR count). The van der Waals surface area contributed by atoms with Crippen LogP contribution in [0.2, 0.25) is 10.0 Å². The lowest BCUT2D eigenvalue weighted by Gasteiger charge is -2.29. The Bertz CT molecular complexity index is 829. The number of carbonyl (C=O) groups excluding carboxylic acids is 2. The summed E-state index contributed by atoms with van der Waals surface area (Å²) in [6, 6.07) is 10.4. The molecule has 0 aromatic heterocycles. The van der Waals surface area contributed by atoms with E-state index in [9.17, 15) is 14.0 Å². The van der Waals surface area contributed by atoms with E-state index >= 15 is 0 Å². The van der Waals surface area contributed by atoms with Gasteiger partial charge in [0.15, 0.2) is 0 Å². The standard InChI is InChI=1S/C20H21Cl2FN2O2/c1-3-24-20(27)13(2)25(12-15-6-4-5-7-18(15)23)19(26)11-14-8-9-16(21)17(22)10-14/h4-10,13H,3,11-12H2,1-2H3,(H,24,27). The van der Waals surface area contributed by atoms with Crippen molar-refractivity contribution in [2.24, 2.45) is 0 Å². The van der Waals surface area contributed by atoms with Gasteiger partial charge in [0.05, 0.1) is 16.5 Å². The van der Waals surface area contributed by atoms with Crippen LogP contribution in [0.3, 0.4) is 0 Å². The van der Waals surface area contributed by atoms with Crippen molar-refractivity contribution < 1.29 is 14.0 Å². The molecule has 0 aliphatic heterocycles. The third-order valence-corrected chi connectivity index (χ3v) is 4.90. The summed E-state index contributed by atoms with van der Waals surface area (Å²) in [5.41, 5.74) is 1.01. The Kier molecular flexibility index (Phi) is 7.63. The van der Waals surface area contributed by atoms with Crippen molar-refractivity contribution in [3.63, 3.8) is 0 Å². The minimum absolute atomic E-state index is 0.00880. The molecule has 2 aromatic rings. The van der Waals surface area contributed by atoms with Crippen molar-refractivity contribution in [1.29, 1.82) is 0 Å². The number of hydrogen-bond donors (Lipinski definition) is 1. The Morgan fingerprint density at radius 1 is 1.15 bits per heavy atom. The maximum atomic E-state index is 14.1. The molecule has 0 heterocycles. The Morgan fingerprint density at radius 3 is 2.48 bits per heavy atom. The summed E-state index contributed by atoms with van der Waals surface area (Å²) in [4.78, 5) is 26.6. The Morgan fingerprint density at radius 2 is 1.85 bits per heavy atom. The van der Waals surface area contributed by atoms with E-state index in [-0.39, 0.29) is 24.8 Å². The van der Waals surface area contributed by atoms with Crippen molar-refractivity contribution in [3.05, 3.63) is 69.5 Å². The zero-order valence-corrected chi connectivity index (χ0v) is 16.6. The maximum absolute atomic E-state index is 14.1. The first kappa shape index (κ1) is 21.2. The van der Waals surface area contributed by atoms with E-state index < -0.39 is 11.9 Å². The summed E-state index contributed by atoms with van der Waals surface area (Å²) in [6.07, 6.45) is 0.0229. The van der Waals surface area contributed by atoms with Crippen molar-refractivity contribution in [3.8, 4) is 0 Å². The van der Waals surface area contributed by atoms with Gasteiger partial charge in [-0.15, -0.1) is 0 Å². The first-order valence-electron chi connectivity index (χ1n) is 8.58. The topological polar surface area (TPSA) is 49.4 Å². The summed E-state index contributed by atoms with van der Waals surface area (Å²) in [7, 11) is 0. The second-order valence-corrected chi connectivity index (χ2v) is 6.92. The van der Waals surface area contributed by atoms with E-state index in [1.54, 1.807) is 50.2 Å². The molecule has 4 nitrogen and oxygen atoms in total. The molecule has 1 atom stereocenters. The van der Waals surface area contributed by atoms with Gasteiger partial charge in [0.2, 0.25) is 11.8 Å². The predicted octanol–water partition coefficient (Wildman–Crippen LogP) is 4.23. The molecule has 0 bridgehead atoms. The highest BCUT2D eigenvalue weighted by atomic mass is 35.5. The van der Waals surface area contributed by atoms with Gasteiger partial charge in [-0.3, -0.25) is 9.59 Å². The monoisotopic (exact) mass is 410 g/mol. The number of benzene rings is 2. The summed E-state index contributed by atoms with van der Waals surface area (Å²) in [5.74, 6) is -1.03. The van der Waals surface area contributed by atoms with Gasteiger partial charge < -0.3 is 10.2 Å². The van der Waals surface area contributed by atoms with E-state index in [1.165, 1.54) is 11.0 Å². The molecular weight excluding hydrogens is 390 g/mol. The predicted molar refractivity (Wildman–Crippen MR) is 105 cm³/mol. The van der Waals surface area contributed by atoms with Crippen LogP contribution < -0.4 is 5.32 Å². The minimum atomic E-state index is -0.750. The number of halogens is 3. The number of nitrogens with one attached hydrogen (secondary N) is 1. The number of rotatable bonds is 7. The van der Waals surface area contributed by atoms with Crippen molar-refractivity contribution >= 4 is 35.0 Å². The number of likely N-dealkylation sites (N-methyl/N-ethyl adjacent to an activating group) is 1. The quantitative estimate of drug-likeness (QED) is 0.742. The summed E-state index contributed by atoms with van der Waals surface area (Å²) < 4.78 is 14.1. The van der Waals surface area contributed by atoms with Crippen molar-refractivity contribution in [1.82, 2.24) is 10.2 Å². The van der Waals surface area contributed by atoms with E-state index in [2.05, 4.69) is 5.32 Å². The maximum Gasteiger partial charge on any atom is 0.242 e. The first-order valence-corrected chi connectivity index (χ1v) is 9.33. The summed E-state index contributed by atoms with van der Waals surface area (Å²) >= 11 is 11.9. The van der Waals surface area contributed by atoms with Gasteiger partial charge in [-0.1, -0.05) is 47.5 Å². The van der Waals surface area contributed by atoms with Crippen LogP contribution in [-0.4, -0.2) is 29.3 Å². The third kappa shape index (κ3) is 5.68. The van der Waals surface area contributed by atoms with Crippen molar-refractivity contribution in [2.75, 3.05) is 6.54 Å². The largest absolute Gasteiger partial charge is 0.355 e. The molecule has 0 fully saturated rings. The third-order valence-electron chi connectivity index (χ3n) is 4.16. The van der Waals surface area contributed by atoms with E-state index in [4.69, 9.17) is 23.2 Å². The second kappa shape index (κ2) is 9.72. The van der Waals surface area contributed by atoms with Gasteiger partial charge in [-0.2, -0.15) is 0 Å². The van der Waals surface area contributed by atoms with Crippen LogP contribution in [0.4, 0.5) is 4.39 Å². The molecule has 7 heteroatoms. The van der Waals surface area contributed by atoms with Crippen LogP contribution in [0, 0.1) is 5.82 Å². The highest BCUT2D eigenvalue weighted by molar-refractivity contribution is 6.42. The lowest BCUT2D eigenvalue weighted by molar-refractivity contribution is -0.140. The first-order chi connectivity index (χ1) is 12.8.